The minimum atomic E-state index is -1.95. The number of rotatable bonds is 6. The number of carboxylic acid groups (broad SMARTS) is 1. The normalized spacial score (nSPS) is 30.5. The van der Waals surface area contributed by atoms with E-state index in [2.05, 4.69) is 21.2 Å². The number of nitrogens with zero attached hydrogens (tertiary/aromatic N) is 1. The Morgan fingerprint density at radius 2 is 1.88 bits per heavy atom. The molecule has 4 rings (SSSR count). The first kappa shape index (κ1) is 23.0. The van der Waals surface area contributed by atoms with Crippen LogP contribution >= 0.6 is 15.9 Å². The third-order valence-electron chi connectivity index (χ3n) is 7.07. The molecular weight excluding hydrogens is 484 g/mol. The molecule has 3 aliphatic rings. The van der Waals surface area contributed by atoms with Crippen LogP contribution in [0.2, 0.25) is 0 Å². The van der Waals surface area contributed by atoms with E-state index in [1.165, 1.54) is 19.1 Å². The van der Waals surface area contributed by atoms with Crippen LogP contribution in [0.5, 0.6) is 11.5 Å². The van der Waals surface area contributed by atoms with Crippen molar-refractivity contribution in [2.45, 2.75) is 49.7 Å². The number of hydrogen-bond acceptors (Lipinski definition) is 7. The molecule has 4 unspecified atom stereocenters. The van der Waals surface area contributed by atoms with Crippen LogP contribution in [0.3, 0.4) is 0 Å². The number of benzene rings is 1. The van der Waals surface area contributed by atoms with Crippen molar-refractivity contribution in [2.24, 2.45) is 11.8 Å². The van der Waals surface area contributed by atoms with Gasteiger partial charge in [0.25, 0.3) is 0 Å². The smallest absolute Gasteiger partial charge is 0.327 e. The lowest BCUT2D eigenvalue weighted by Gasteiger charge is -2.33. The topological polar surface area (TPSA) is 125 Å². The molecule has 174 valence electrons. The van der Waals surface area contributed by atoms with Crippen molar-refractivity contribution < 1.29 is 34.1 Å². The van der Waals surface area contributed by atoms with Crippen LogP contribution < -0.4 is 14.8 Å². The Labute approximate surface area is 194 Å². The van der Waals surface area contributed by atoms with Crippen molar-refractivity contribution in [3.63, 3.8) is 0 Å². The fourth-order valence-corrected chi connectivity index (χ4v) is 6.16. The molecule has 2 heterocycles. The quantitative estimate of drug-likeness (QED) is 0.495. The maximum absolute atomic E-state index is 13.6. The SMILES string of the molecule is COc1cc(C2NC(CO)(C(=O)O)C3C(=O)N(C4CCCCC4)C(=O)C23)cc(Br)c1OC. The first-order valence-electron chi connectivity index (χ1n) is 10.7. The highest BCUT2D eigenvalue weighted by molar-refractivity contribution is 9.10. The van der Waals surface area contributed by atoms with E-state index in [0.717, 1.165) is 32.1 Å². The van der Waals surface area contributed by atoms with Gasteiger partial charge in [0.1, 0.15) is 0 Å². The average Bonchev–Trinajstić information content (AvgIpc) is 3.28. The Morgan fingerprint density at radius 3 is 2.44 bits per heavy atom. The summed E-state index contributed by atoms with van der Waals surface area (Å²) in [5.41, 5.74) is -1.39. The Bertz CT molecular complexity index is 948. The van der Waals surface area contributed by atoms with Crippen molar-refractivity contribution in [3.05, 3.63) is 22.2 Å². The minimum Gasteiger partial charge on any atom is -0.493 e. The van der Waals surface area contributed by atoms with Gasteiger partial charge < -0.3 is 19.7 Å². The molecule has 0 spiro atoms. The average molecular weight is 511 g/mol. The number of ether oxygens (including phenoxy) is 2. The molecule has 1 saturated carbocycles. The highest BCUT2D eigenvalue weighted by Crippen LogP contribution is 2.51. The Balaban J connectivity index is 1.82. The van der Waals surface area contributed by atoms with E-state index < -0.39 is 41.9 Å². The second kappa shape index (κ2) is 8.64. The summed E-state index contributed by atoms with van der Waals surface area (Å²) in [6.45, 7) is -0.814. The molecule has 2 aliphatic heterocycles. The standard InChI is InChI=1S/C22H27BrN2O7/c1-31-14-9-11(8-13(23)18(14)32-2)17-15-16(22(10-26,24-17)21(29)30)20(28)25(19(15)27)12-6-4-3-5-7-12/h8-9,12,15-17,24,26H,3-7,10H2,1-2H3,(H,29,30). The molecule has 1 aliphatic carbocycles. The number of aliphatic hydroxyl groups is 1. The van der Waals surface area contributed by atoms with E-state index in [1.807, 2.05) is 0 Å². The van der Waals surface area contributed by atoms with Gasteiger partial charge in [-0.15, -0.1) is 0 Å². The highest BCUT2D eigenvalue weighted by atomic mass is 79.9. The molecule has 4 atom stereocenters. The predicted octanol–water partition coefficient (Wildman–Crippen LogP) is 1.86. The summed E-state index contributed by atoms with van der Waals surface area (Å²) in [7, 11) is 2.97. The summed E-state index contributed by atoms with van der Waals surface area (Å²) < 4.78 is 11.3. The number of hydrogen-bond donors (Lipinski definition) is 3. The van der Waals surface area contributed by atoms with Crippen LogP contribution in [0.15, 0.2) is 16.6 Å². The zero-order valence-corrected chi connectivity index (χ0v) is 19.6. The number of amides is 2. The Hall–Kier alpha value is -2.17. The number of aliphatic hydroxyl groups excluding tert-OH is 1. The third-order valence-corrected chi connectivity index (χ3v) is 7.66. The third kappa shape index (κ3) is 3.31. The molecule has 2 saturated heterocycles. The fourth-order valence-electron chi connectivity index (χ4n) is 5.54. The van der Waals surface area contributed by atoms with Gasteiger partial charge in [-0.3, -0.25) is 24.6 Å². The van der Waals surface area contributed by atoms with E-state index in [9.17, 15) is 24.6 Å². The first-order valence-corrected chi connectivity index (χ1v) is 11.5. The number of fused-ring (bicyclic) bond motifs is 1. The van der Waals surface area contributed by atoms with Gasteiger partial charge in [-0.05, 0) is 46.5 Å². The monoisotopic (exact) mass is 510 g/mol. The zero-order valence-electron chi connectivity index (χ0n) is 18.0. The van der Waals surface area contributed by atoms with Gasteiger partial charge in [-0.1, -0.05) is 19.3 Å². The maximum Gasteiger partial charge on any atom is 0.327 e. The number of aliphatic carboxylic acids is 1. The van der Waals surface area contributed by atoms with Crippen molar-refractivity contribution in [2.75, 3.05) is 20.8 Å². The molecule has 3 N–H and O–H groups in total. The molecular formula is C22H27BrN2O7. The zero-order chi connectivity index (χ0) is 23.2. The van der Waals surface area contributed by atoms with Crippen LogP contribution in [0.25, 0.3) is 0 Å². The number of nitrogens with one attached hydrogen (secondary N) is 1. The van der Waals surface area contributed by atoms with Crippen LogP contribution in [0.4, 0.5) is 0 Å². The summed E-state index contributed by atoms with van der Waals surface area (Å²) in [6.07, 6.45) is 4.34. The van der Waals surface area contributed by atoms with E-state index in [1.54, 1.807) is 12.1 Å². The summed E-state index contributed by atoms with van der Waals surface area (Å²) in [5, 5.41) is 23.1. The lowest BCUT2D eigenvalue weighted by molar-refractivity contribution is -0.154. The van der Waals surface area contributed by atoms with Gasteiger partial charge in [0.2, 0.25) is 11.8 Å². The molecule has 1 aromatic rings. The van der Waals surface area contributed by atoms with Crippen LogP contribution in [0.1, 0.15) is 43.7 Å². The Kier molecular flexibility index (Phi) is 6.21. The molecule has 3 fully saturated rings. The van der Waals surface area contributed by atoms with E-state index in [4.69, 9.17) is 9.47 Å². The molecule has 0 aromatic heterocycles. The second-order valence-electron chi connectivity index (χ2n) is 8.64. The van der Waals surface area contributed by atoms with Crippen molar-refractivity contribution >= 4 is 33.7 Å². The summed E-state index contributed by atoms with van der Waals surface area (Å²) >= 11 is 3.43. The lowest BCUT2D eigenvalue weighted by Crippen LogP contribution is -2.59. The van der Waals surface area contributed by atoms with Gasteiger partial charge in [-0.2, -0.15) is 0 Å². The number of carboxylic acids is 1. The number of methoxy groups -OCH3 is 2. The van der Waals surface area contributed by atoms with Crippen molar-refractivity contribution in [3.8, 4) is 11.5 Å². The van der Waals surface area contributed by atoms with Crippen LogP contribution in [-0.4, -0.2) is 65.3 Å². The Morgan fingerprint density at radius 1 is 1.19 bits per heavy atom. The van der Waals surface area contributed by atoms with Gasteiger partial charge in [0, 0.05) is 12.1 Å². The molecule has 0 radical (unpaired) electrons. The molecule has 32 heavy (non-hydrogen) atoms. The van der Waals surface area contributed by atoms with E-state index >= 15 is 0 Å². The predicted molar refractivity (Wildman–Crippen MR) is 116 cm³/mol. The van der Waals surface area contributed by atoms with Crippen LogP contribution in [0, 0.1) is 11.8 Å². The van der Waals surface area contributed by atoms with Gasteiger partial charge >= 0.3 is 5.97 Å². The number of imide groups is 1. The number of halogens is 1. The summed E-state index contributed by atoms with van der Waals surface area (Å²) in [4.78, 5) is 40.7. The number of carbonyl (C=O) groups excluding carboxylic acids is 2. The van der Waals surface area contributed by atoms with E-state index in [-0.39, 0.29) is 11.9 Å². The minimum absolute atomic E-state index is 0.225. The van der Waals surface area contributed by atoms with Crippen molar-refractivity contribution in [1.29, 1.82) is 0 Å². The molecule has 2 amide bonds. The summed E-state index contributed by atoms with van der Waals surface area (Å²) in [6, 6.07) is 2.35. The van der Waals surface area contributed by atoms with Crippen LogP contribution in [-0.2, 0) is 14.4 Å². The molecule has 1 aromatic carbocycles. The van der Waals surface area contributed by atoms with Gasteiger partial charge in [0.15, 0.2) is 17.0 Å². The highest BCUT2D eigenvalue weighted by Gasteiger charge is 2.69. The largest absolute Gasteiger partial charge is 0.493 e. The van der Waals surface area contributed by atoms with Gasteiger partial charge in [0.05, 0.1) is 37.1 Å². The molecule has 9 nitrogen and oxygen atoms in total. The number of carbonyl (C=O) groups is 3. The van der Waals surface area contributed by atoms with E-state index in [0.29, 0.717) is 21.5 Å². The fraction of sp³-hybridized carbons (Fsp3) is 0.591. The first-order chi connectivity index (χ1) is 15.3. The summed E-state index contributed by atoms with van der Waals surface area (Å²) in [5.74, 6) is -3.55. The lowest BCUT2D eigenvalue weighted by atomic mass is 9.79. The number of likely N-dealkylation sites (tertiary alicyclic amines) is 1. The maximum atomic E-state index is 13.6. The molecule has 0 bridgehead atoms. The second-order valence-corrected chi connectivity index (χ2v) is 9.49. The van der Waals surface area contributed by atoms with Crippen molar-refractivity contribution in [1.82, 2.24) is 10.2 Å². The molecule has 10 heteroatoms. The van der Waals surface area contributed by atoms with Gasteiger partial charge in [-0.25, -0.2) is 0 Å².